The van der Waals surface area contributed by atoms with Crippen molar-refractivity contribution in [2.24, 2.45) is 5.41 Å². The predicted octanol–water partition coefficient (Wildman–Crippen LogP) is -0.748. The number of hydrogen-bond donors (Lipinski definition) is 6. The molecule has 6 heteroatoms. The van der Waals surface area contributed by atoms with Crippen LogP contribution in [0, 0.1) is 5.41 Å². The molecule has 0 fully saturated rings. The van der Waals surface area contributed by atoms with Crippen molar-refractivity contribution in [3.63, 3.8) is 0 Å². The van der Waals surface area contributed by atoms with Crippen molar-refractivity contribution in [3.05, 3.63) is 0 Å². The van der Waals surface area contributed by atoms with Gasteiger partial charge in [-0.25, -0.2) is 0 Å². The van der Waals surface area contributed by atoms with Crippen molar-refractivity contribution in [2.75, 3.05) is 33.0 Å². The Labute approximate surface area is 115 Å². The highest BCUT2D eigenvalue weighted by molar-refractivity contribution is 4.75. The monoisotopic (exact) mass is 282 g/mol. The van der Waals surface area contributed by atoms with E-state index in [4.69, 9.17) is 30.6 Å². The zero-order chi connectivity index (χ0) is 15.1. The van der Waals surface area contributed by atoms with Crippen LogP contribution in [0.2, 0.25) is 0 Å². The van der Waals surface area contributed by atoms with Gasteiger partial charge in [0.15, 0.2) is 0 Å². The number of aliphatic hydroxyl groups is 6. The van der Waals surface area contributed by atoms with E-state index in [1.54, 1.807) is 0 Å². The van der Waals surface area contributed by atoms with E-state index >= 15 is 0 Å². The fourth-order valence-electron chi connectivity index (χ4n) is 1.50. The molecule has 0 rings (SSSR count). The Morgan fingerprint density at radius 1 is 0.895 bits per heavy atom. The minimum Gasteiger partial charge on any atom is -0.396 e. The zero-order valence-corrected chi connectivity index (χ0v) is 11.8. The second-order valence-electron chi connectivity index (χ2n) is 4.78. The van der Waals surface area contributed by atoms with Crippen LogP contribution in [0.3, 0.4) is 0 Å². The molecule has 6 N–H and O–H groups in total. The molecule has 0 aromatic heterocycles. The second kappa shape index (κ2) is 14.2. The van der Waals surface area contributed by atoms with Crippen molar-refractivity contribution < 1.29 is 30.6 Å². The molecular formula is C13H30O6. The summed E-state index contributed by atoms with van der Waals surface area (Å²) in [7, 11) is 0. The maximum Gasteiger partial charge on any atom is 0.0771 e. The Morgan fingerprint density at radius 2 is 1.42 bits per heavy atom. The molecule has 0 bridgehead atoms. The summed E-state index contributed by atoms with van der Waals surface area (Å²) < 4.78 is 0. The SMILES string of the molecule is CCCC(CO)(CO)CO.OCCCCC(O)CO. The van der Waals surface area contributed by atoms with Crippen LogP contribution in [-0.4, -0.2) is 69.8 Å². The molecule has 0 amide bonds. The molecule has 0 saturated carbocycles. The summed E-state index contributed by atoms with van der Waals surface area (Å²) in [6, 6.07) is 0. The highest BCUT2D eigenvalue weighted by Gasteiger charge is 2.26. The Bertz CT molecular complexity index is 164. The van der Waals surface area contributed by atoms with Crippen LogP contribution in [0.15, 0.2) is 0 Å². The van der Waals surface area contributed by atoms with Crippen LogP contribution in [0.5, 0.6) is 0 Å². The molecule has 1 atom stereocenters. The standard InChI is InChI=1S/C7H16O3.C6H14O3/c1-2-3-7(4-8,5-9)6-10;7-4-2-1-3-6(9)5-8/h8-10H,2-6H2,1H3;6-9H,1-5H2. The van der Waals surface area contributed by atoms with Crippen molar-refractivity contribution in [2.45, 2.75) is 45.1 Å². The number of aliphatic hydroxyl groups excluding tert-OH is 6. The van der Waals surface area contributed by atoms with E-state index < -0.39 is 11.5 Å². The third-order valence-electron chi connectivity index (χ3n) is 2.94. The molecule has 0 heterocycles. The summed E-state index contributed by atoms with van der Waals surface area (Å²) in [5, 5.41) is 51.7. The Kier molecular flexibility index (Phi) is 15.7. The average Bonchev–Trinajstić information content (AvgIpc) is 2.45. The summed E-state index contributed by atoms with van der Waals surface area (Å²) in [6.45, 7) is 1.51. The van der Waals surface area contributed by atoms with Gasteiger partial charge in [-0.3, -0.25) is 0 Å². The van der Waals surface area contributed by atoms with Crippen molar-refractivity contribution >= 4 is 0 Å². The van der Waals surface area contributed by atoms with Gasteiger partial charge in [0.2, 0.25) is 0 Å². The van der Waals surface area contributed by atoms with Crippen LogP contribution < -0.4 is 0 Å². The van der Waals surface area contributed by atoms with Gasteiger partial charge in [-0.05, 0) is 25.7 Å². The van der Waals surface area contributed by atoms with E-state index in [0.717, 1.165) is 12.8 Å². The molecule has 19 heavy (non-hydrogen) atoms. The van der Waals surface area contributed by atoms with Gasteiger partial charge in [-0.2, -0.15) is 0 Å². The lowest BCUT2D eigenvalue weighted by Gasteiger charge is -2.26. The first-order valence-electron chi connectivity index (χ1n) is 6.78. The summed E-state index contributed by atoms with van der Waals surface area (Å²) in [6.07, 6.45) is 2.99. The third kappa shape index (κ3) is 11.3. The first kappa shape index (κ1) is 21.1. The van der Waals surface area contributed by atoms with Crippen LogP contribution in [0.1, 0.15) is 39.0 Å². The fraction of sp³-hybridized carbons (Fsp3) is 1.00. The van der Waals surface area contributed by atoms with Gasteiger partial charge in [-0.15, -0.1) is 0 Å². The van der Waals surface area contributed by atoms with Crippen LogP contribution in [0.4, 0.5) is 0 Å². The number of unbranched alkanes of at least 4 members (excludes halogenated alkanes) is 1. The van der Waals surface area contributed by atoms with Crippen molar-refractivity contribution in [1.29, 1.82) is 0 Å². The molecule has 0 aromatic rings. The summed E-state index contributed by atoms with van der Waals surface area (Å²) >= 11 is 0. The van der Waals surface area contributed by atoms with Crippen LogP contribution in [-0.2, 0) is 0 Å². The molecule has 0 aliphatic rings. The number of hydrogen-bond acceptors (Lipinski definition) is 6. The Hall–Kier alpha value is -0.240. The van der Waals surface area contributed by atoms with Gasteiger partial charge in [-0.1, -0.05) is 13.3 Å². The topological polar surface area (TPSA) is 121 Å². The first-order chi connectivity index (χ1) is 9.05. The molecule has 0 aliphatic carbocycles. The van der Waals surface area contributed by atoms with Gasteiger partial charge >= 0.3 is 0 Å². The van der Waals surface area contributed by atoms with Gasteiger partial charge in [0.1, 0.15) is 0 Å². The van der Waals surface area contributed by atoms with E-state index in [9.17, 15) is 0 Å². The van der Waals surface area contributed by atoms with E-state index in [1.807, 2.05) is 6.92 Å². The van der Waals surface area contributed by atoms with Crippen molar-refractivity contribution in [1.82, 2.24) is 0 Å². The molecule has 0 radical (unpaired) electrons. The predicted molar refractivity (Wildman–Crippen MR) is 72.6 cm³/mol. The summed E-state index contributed by atoms with van der Waals surface area (Å²) in [5.74, 6) is 0. The summed E-state index contributed by atoms with van der Waals surface area (Å²) in [5.41, 5.74) is -0.658. The van der Waals surface area contributed by atoms with Gasteiger partial charge in [0.25, 0.3) is 0 Å². The highest BCUT2D eigenvalue weighted by atomic mass is 16.3. The normalized spacial score (nSPS) is 12.8. The lowest BCUT2D eigenvalue weighted by atomic mass is 9.86. The quantitative estimate of drug-likeness (QED) is 0.293. The van der Waals surface area contributed by atoms with Crippen LogP contribution in [0.25, 0.3) is 0 Å². The smallest absolute Gasteiger partial charge is 0.0771 e. The van der Waals surface area contributed by atoms with Gasteiger partial charge in [0, 0.05) is 12.0 Å². The molecule has 118 valence electrons. The molecular weight excluding hydrogens is 252 g/mol. The minimum absolute atomic E-state index is 0.145. The van der Waals surface area contributed by atoms with Crippen LogP contribution >= 0.6 is 0 Å². The average molecular weight is 282 g/mol. The molecule has 0 spiro atoms. The Morgan fingerprint density at radius 3 is 1.68 bits per heavy atom. The second-order valence-corrected chi connectivity index (χ2v) is 4.78. The minimum atomic E-state index is -0.658. The summed E-state index contributed by atoms with van der Waals surface area (Å²) in [4.78, 5) is 0. The lowest BCUT2D eigenvalue weighted by Crippen LogP contribution is -2.33. The molecule has 6 nitrogen and oxygen atoms in total. The Balaban J connectivity index is 0. The van der Waals surface area contributed by atoms with E-state index in [0.29, 0.717) is 19.3 Å². The van der Waals surface area contributed by atoms with Crippen molar-refractivity contribution in [3.8, 4) is 0 Å². The van der Waals surface area contributed by atoms with E-state index in [1.165, 1.54) is 0 Å². The largest absolute Gasteiger partial charge is 0.396 e. The molecule has 0 aromatic carbocycles. The zero-order valence-electron chi connectivity index (χ0n) is 11.8. The van der Waals surface area contributed by atoms with Gasteiger partial charge in [0.05, 0.1) is 32.5 Å². The van der Waals surface area contributed by atoms with E-state index in [2.05, 4.69) is 0 Å². The molecule has 1 unspecified atom stereocenters. The maximum atomic E-state index is 8.79. The lowest BCUT2D eigenvalue weighted by molar-refractivity contribution is -0.00101. The molecule has 0 aliphatic heterocycles. The fourth-order valence-corrected chi connectivity index (χ4v) is 1.50. The first-order valence-corrected chi connectivity index (χ1v) is 6.78. The maximum absolute atomic E-state index is 8.79. The van der Waals surface area contributed by atoms with E-state index in [-0.39, 0.29) is 33.0 Å². The molecule has 0 saturated heterocycles. The van der Waals surface area contributed by atoms with Gasteiger partial charge < -0.3 is 30.6 Å². The highest BCUT2D eigenvalue weighted by Crippen LogP contribution is 2.21. The third-order valence-corrected chi connectivity index (χ3v) is 2.94. The number of rotatable bonds is 10.